The van der Waals surface area contributed by atoms with Crippen LogP contribution in [-0.2, 0) is 4.79 Å². The van der Waals surface area contributed by atoms with Gasteiger partial charge < -0.3 is 14.5 Å². The molecule has 0 unspecified atom stereocenters. The van der Waals surface area contributed by atoms with Crippen molar-refractivity contribution in [1.29, 1.82) is 0 Å². The molecule has 1 aromatic heterocycles. The number of carbonyl (C=O) groups excluding carboxylic acids is 1. The molecule has 0 bridgehead atoms. The lowest BCUT2D eigenvalue weighted by Crippen LogP contribution is -2.20. The Balaban J connectivity index is 1.42. The van der Waals surface area contributed by atoms with Gasteiger partial charge in [0.15, 0.2) is 12.2 Å². The third kappa shape index (κ3) is 4.35. The minimum atomic E-state index is -0.232. The van der Waals surface area contributed by atoms with Crippen LogP contribution < -0.4 is 10.1 Å². The molecule has 4 aromatic rings. The molecule has 30 heavy (non-hydrogen) atoms. The van der Waals surface area contributed by atoms with Gasteiger partial charge in [0.05, 0.1) is 0 Å². The highest BCUT2D eigenvalue weighted by molar-refractivity contribution is 5.94. The van der Waals surface area contributed by atoms with Crippen molar-refractivity contribution in [2.24, 2.45) is 0 Å². The zero-order valence-electron chi connectivity index (χ0n) is 17.3. The summed E-state index contributed by atoms with van der Waals surface area (Å²) in [6.45, 7) is 6.23. The lowest BCUT2D eigenvalue weighted by atomic mass is 10.0. The molecule has 1 N–H and O–H groups in total. The molecule has 0 saturated heterocycles. The predicted molar refractivity (Wildman–Crippen MR) is 119 cm³/mol. The first-order valence-corrected chi connectivity index (χ1v) is 9.99. The number of hydrogen-bond donors (Lipinski definition) is 1. The molecule has 0 radical (unpaired) electrons. The molecule has 5 heteroatoms. The van der Waals surface area contributed by atoms with Crippen molar-refractivity contribution < 1.29 is 13.9 Å². The topological polar surface area (TPSA) is 64.4 Å². The SMILES string of the molecule is Cc1ccccc1-c1nc2cc(NC(=O)COc3ccc(C(C)C)cc3)ccc2o1. The Morgan fingerprint density at radius 1 is 1.07 bits per heavy atom. The maximum Gasteiger partial charge on any atom is 0.262 e. The summed E-state index contributed by atoms with van der Waals surface area (Å²) in [5, 5.41) is 2.85. The van der Waals surface area contributed by atoms with Crippen molar-refractivity contribution in [3.05, 3.63) is 77.9 Å². The molecule has 0 fully saturated rings. The molecule has 1 heterocycles. The highest BCUT2D eigenvalue weighted by atomic mass is 16.5. The normalized spacial score (nSPS) is 11.1. The molecular weight excluding hydrogens is 376 g/mol. The Labute approximate surface area is 175 Å². The van der Waals surface area contributed by atoms with Gasteiger partial charge in [-0.15, -0.1) is 0 Å². The minimum Gasteiger partial charge on any atom is -0.484 e. The van der Waals surface area contributed by atoms with E-state index >= 15 is 0 Å². The van der Waals surface area contributed by atoms with Gasteiger partial charge in [-0.1, -0.05) is 44.2 Å². The number of nitrogens with one attached hydrogen (secondary N) is 1. The first-order chi connectivity index (χ1) is 14.5. The van der Waals surface area contributed by atoms with Crippen LogP contribution in [0, 0.1) is 6.92 Å². The predicted octanol–water partition coefficient (Wildman–Crippen LogP) is 5.94. The molecule has 0 aliphatic heterocycles. The number of anilines is 1. The van der Waals surface area contributed by atoms with Crippen LogP contribution in [0.25, 0.3) is 22.6 Å². The Hall–Kier alpha value is -3.60. The van der Waals surface area contributed by atoms with E-state index in [1.54, 1.807) is 12.1 Å². The Kier molecular flexibility index (Phi) is 5.53. The molecule has 0 atom stereocenters. The first kappa shape index (κ1) is 19.7. The number of fused-ring (bicyclic) bond motifs is 1. The van der Waals surface area contributed by atoms with Crippen molar-refractivity contribution in [3.63, 3.8) is 0 Å². The quantitative estimate of drug-likeness (QED) is 0.435. The van der Waals surface area contributed by atoms with Gasteiger partial charge in [0.2, 0.25) is 5.89 Å². The van der Waals surface area contributed by atoms with Crippen LogP contribution in [0.2, 0.25) is 0 Å². The average Bonchev–Trinajstić information content (AvgIpc) is 3.16. The number of amides is 1. The maximum absolute atomic E-state index is 12.3. The molecule has 1 amide bonds. The zero-order valence-corrected chi connectivity index (χ0v) is 17.3. The van der Waals surface area contributed by atoms with Crippen LogP contribution in [-0.4, -0.2) is 17.5 Å². The molecule has 0 spiro atoms. The first-order valence-electron chi connectivity index (χ1n) is 9.99. The highest BCUT2D eigenvalue weighted by Crippen LogP contribution is 2.28. The second-order valence-electron chi connectivity index (χ2n) is 7.58. The second kappa shape index (κ2) is 8.41. The van der Waals surface area contributed by atoms with E-state index in [4.69, 9.17) is 9.15 Å². The fraction of sp³-hybridized carbons (Fsp3) is 0.200. The zero-order chi connectivity index (χ0) is 21.1. The van der Waals surface area contributed by atoms with Crippen LogP contribution >= 0.6 is 0 Å². The summed E-state index contributed by atoms with van der Waals surface area (Å²) in [5.74, 6) is 1.47. The third-order valence-corrected chi connectivity index (χ3v) is 4.96. The van der Waals surface area contributed by atoms with Crippen LogP contribution in [0.5, 0.6) is 5.75 Å². The molecule has 0 saturated carbocycles. The highest BCUT2D eigenvalue weighted by Gasteiger charge is 2.12. The van der Waals surface area contributed by atoms with Crippen LogP contribution in [0.15, 0.2) is 71.1 Å². The molecular formula is C25H24N2O3. The van der Waals surface area contributed by atoms with E-state index in [2.05, 4.69) is 24.1 Å². The van der Waals surface area contributed by atoms with Gasteiger partial charge in [-0.2, -0.15) is 0 Å². The lowest BCUT2D eigenvalue weighted by Gasteiger charge is -2.09. The molecule has 0 aliphatic carbocycles. The van der Waals surface area contributed by atoms with Gasteiger partial charge in [-0.25, -0.2) is 4.98 Å². The summed E-state index contributed by atoms with van der Waals surface area (Å²) in [5.41, 5.74) is 5.30. The molecule has 5 nitrogen and oxygen atoms in total. The molecule has 0 aliphatic rings. The standard InChI is InChI=1S/C25H24N2O3/c1-16(2)18-8-11-20(12-9-18)29-15-24(28)26-19-10-13-23-22(14-19)27-25(30-23)21-7-5-4-6-17(21)3/h4-14,16H,15H2,1-3H3,(H,26,28). The van der Waals surface area contributed by atoms with Crippen molar-refractivity contribution in [2.45, 2.75) is 26.7 Å². The van der Waals surface area contributed by atoms with Crippen molar-refractivity contribution >= 4 is 22.7 Å². The number of benzene rings is 3. The molecule has 152 valence electrons. The number of carbonyl (C=O) groups is 1. The second-order valence-corrected chi connectivity index (χ2v) is 7.58. The van der Waals surface area contributed by atoms with Gasteiger partial charge >= 0.3 is 0 Å². The Bertz CT molecular complexity index is 1180. The van der Waals surface area contributed by atoms with Crippen molar-refractivity contribution in [2.75, 3.05) is 11.9 Å². The van der Waals surface area contributed by atoms with E-state index in [9.17, 15) is 4.79 Å². The van der Waals surface area contributed by atoms with Gasteiger partial charge in [-0.05, 0) is 60.4 Å². The molecule has 3 aromatic carbocycles. The van der Waals surface area contributed by atoms with E-state index in [1.165, 1.54) is 5.56 Å². The molecule has 4 rings (SSSR count). The Morgan fingerprint density at radius 2 is 1.83 bits per heavy atom. The van der Waals surface area contributed by atoms with E-state index in [0.29, 0.717) is 34.3 Å². The van der Waals surface area contributed by atoms with Crippen LogP contribution in [0.1, 0.15) is 30.9 Å². The third-order valence-electron chi connectivity index (χ3n) is 4.96. The van der Waals surface area contributed by atoms with Gasteiger partial charge in [-0.3, -0.25) is 4.79 Å². The summed E-state index contributed by atoms with van der Waals surface area (Å²) >= 11 is 0. The van der Waals surface area contributed by atoms with Crippen molar-refractivity contribution in [1.82, 2.24) is 4.98 Å². The number of oxazole rings is 1. The number of nitrogens with zero attached hydrogens (tertiary/aromatic N) is 1. The fourth-order valence-corrected chi connectivity index (χ4v) is 3.23. The van der Waals surface area contributed by atoms with Gasteiger partial charge in [0, 0.05) is 11.3 Å². The lowest BCUT2D eigenvalue weighted by molar-refractivity contribution is -0.118. The summed E-state index contributed by atoms with van der Waals surface area (Å²) < 4.78 is 11.5. The number of aryl methyl sites for hydroxylation is 1. The minimum absolute atomic E-state index is 0.0632. The number of rotatable bonds is 6. The fourth-order valence-electron chi connectivity index (χ4n) is 3.23. The summed E-state index contributed by atoms with van der Waals surface area (Å²) in [4.78, 5) is 16.9. The van der Waals surface area contributed by atoms with Crippen LogP contribution in [0.4, 0.5) is 5.69 Å². The largest absolute Gasteiger partial charge is 0.484 e. The monoisotopic (exact) mass is 400 g/mol. The van der Waals surface area contributed by atoms with E-state index < -0.39 is 0 Å². The maximum atomic E-state index is 12.3. The van der Waals surface area contributed by atoms with Crippen molar-refractivity contribution in [3.8, 4) is 17.2 Å². The number of hydrogen-bond acceptors (Lipinski definition) is 4. The summed E-state index contributed by atoms with van der Waals surface area (Å²) in [6.07, 6.45) is 0. The van der Waals surface area contributed by atoms with E-state index in [1.807, 2.05) is 61.5 Å². The Morgan fingerprint density at radius 3 is 2.57 bits per heavy atom. The van der Waals surface area contributed by atoms with E-state index in [0.717, 1.165) is 11.1 Å². The summed E-state index contributed by atoms with van der Waals surface area (Å²) in [6, 6.07) is 21.2. The van der Waals surface area contributed by atoms with Crippen LogP contribution in [0.3, 0.4) is 0 Å². The summed E-state index contributed by atoms with van der Waals surface area (Å²) in [7, 11) is 0. The smallest absolute Gasteiger partial charge is 0.262 e. The number of ether oxygens (including phenoxy) is 1. The van der Waals surface area contributed by atoms with Gasteiger partial charge in [0.25, 0.3) is 5.91 Å². The van der Waals surface area contributed by atoms with Gasteiger partial charge in [0.1, 0.15) is 11.3 Å². The van der Waals surface area contributed by atoms with E-state index in [-0.39, 0.29) is 12.5 Å². The average molecular weight is 400 g/mol. The number of aromatic nitrogens is 1.